The first-order valence-electron chi connectivity index (χ1n) is 13.5. The van der Waals surface area contributed by atoms with Crippen LogP contribution >= 0.6 is 0 Å². The van der Waals surface area contributed by atoms with Crippen LogP contribution in [0.3, 0.4) is 0 Å². The molecule has 2 aliphatic rings. The molecule has 2 unspecified atom stereocenters. The fraction of sp³-hybridized carbons (Fsp3) is 0.552. The van der Waals surface area contributed by atoms with Gasteiger partial charge in [-0.1, -0.05) is 30.3 Å². The number of rotatable bonds is 10. The van der Waals surface area contributed by atoms with Gasteiger partial charge in [-0.2, -0.15) is 0 Å². The van der Waals surface area contributed by atoms with E-state index in [1.165, 1.54) is 11.0 Å². The summed E-state index contributed by atoms with van der Waals surface area (Å²) in [5, 5.41) is 7.89. The van der Waals surface area contributed by atoms with Crippen LogP contribution in [0.2, 0.25) is 0 Å². The molecular weight excluding hydrogens is 500 g/mol. The summed E-state index contributed by atoms with van der Waals surface area (Å²) in [5.74, 6) is -2.65. The maximum absolute atomic E-state index is 14.0. The molecule has 3 N–H and O–H groups in total. The molecule has 39 heavy (non-hydrogen) atoms. The number of carbonyl (C=O) groups excluding carboxylic acids is 5. The van der Waals surface area contributed by atoms with E-state index in [-0.39, 0.29) is 24.8 Å². The van der Waals surface area contributed by atoms with E-state index in [4.69, 9.17) is 4.74 Å². The molecule has 1 heterocycles. The summed E-state index contributed by atoms with van der Waals surface area (Å²) in [7, 11) is 0. The van der Waals surface area contributed by atoms with Gasteiger partial charge in [-0.25, -0.2) is 4.79 Å². The number of likely N-dealkylation sites (tertiary alicyclic amines) is 1. The molecule has 0 radical (unpaired) electrons. The van der Waals surface area contributed by atoms with Crippen molar-refractivity contribution in [2.24, 2.45) is 5.92 Å². The number of Topliss-reactive ketones (excluding diaryl/α,β-unsaturated/α-hetero) is 1. The third-order valence-electron chi connectivity index (χ3n) is 6.93. The van der Waals surface area contributed by atoms with E-state index in [9.17, 15) is 24.0 Å². The summed E-state index contributed by atoms with van der Waals surface area (Å²) in [6.07, 6.45) is 3.03. The molecule has 3 rings (SSSR count). The number of fused-ring (bicyclic) bond motifs is 1. The van der Waals surface area contributed by atoms with Crippen LogP contribution in [0.1, 0.15) is 58.1 Å². The van der Waals surface area contributed by atoms with Crippen molar-refractivity contribution in [2.75, 3.05) is 13.1 Å². The summed E-state index contributed by atoms with van der Waals surface area (Å²) in [5.41, 5.74) is 1.50. The molecule has 1 aliphatic carbocycles. The van der Waals surface area contributed by atoms with Crippen LogP contribution in [0.25, 0.3) is 0 Å². The molecule has 1 aromatic carbocycles. The molecule has 0 bridgehead atoms. The lowest BCUT2D eigenvalue weighted by atomic mass is 9.95. The average Bonchev–Trinajstić information content (AvgIpc) is 3.52. The Bertz CT molecular complexity index is 1090. The predicted octanol–water partition coefficient (Wildman–Crippen LogP) is 2.05. The van der Waals surface area contributed by atoms with E-state index in [0.717, 1.165) is 11.1 Å². The van der Waals surface area contributed by atoms with Crippen molar-refractivity contribution in [1.82, 2.24) is 20.9 Å². The van der Waals surface area contributed by atoms with Crippen molar-refractivity contribution in [2.45, 2.75) is 83.5 Å². The topological polar surface area (TPSA) is 134 Å². The lowest BCUT2D eigenvalue weighted by Gasteiger charge is -2.32. The average molecular weight is 541 g/mol. The lowest BCUT2D eigenvalue weighted by molar-refractivity contribution is -0.143. The van der Waals surface area contributed by atoms with Gasteiger partial charge in [0.05, 0.1) is 0 Å². The smallest absolute Gasteiger partial charge is 0.408 e. The summed E-state index contributed by atoms with van der Waals surface area (Å²) < 4.78 is 5.46. The second-order valence-electron chi connectivity index (χ2n) is 11.1. The number of amides is 4. The van der Waals surface area contributed by atoms with Gasteiger partial charge in [0, 0.05) is 13.1 Å². The minimum Gasteiger partial charge on any atom is -0.444 e. The minimum atomic E-state index is -1.08. The van der Waals surface area contributed by atoms with Crippen LogP contribution in [0.4, 0.5) is 4.79 Å². The highest BCUT2D eigenvalue weighted by Gasteiger charge is 2.43. The molecule has 0 aromatic heterocycles. The van der Waals surface area contributed by atoms with Crippen LogP contribution in [-0.4, -0.2) is 71.3 Å². The molecule has 3 atom stereocenters. The number of hydrogen-bond acceptors (Lipinski definition) is 6. The van der Waals surface area contributed by atoms with E-state index in [2.05, 4.69) is 22.5 Å². The number of alkyl carbamates (subject to hydrolysis) is 1. The Hall–Kier alpha value is -3.69. The molecule has 0 spiro atoms. The van der Waals surface area contributed by atoms with E-state index < -0.39 is 47.4 Å². The van der Waals surface area contributed by atoms with Crippen LogP contribution in [0, 0.1) is 5.92 Å². The van der Waals surface area contributed by atoms with Gasteiger partial charge in [0.15, 0.2) is 0 Å². The minimum absolute atomic E-state index is 0.0749. The maximum Gasteiger partial charge on any atom is 0.408 e. The third kappa shape index (κ3) is 7.68. The highest BCUT2D eigenvalue weighted by atomic mass is 16.6. The highest BCUT2D eigenvalue weighted by Crippen LogP contribution is 2.31. The van der Waals surface area contributed by atoms with Crippen LogP contribution in [0.5, 0.6) is 0 Å². The number of likely N-dealkylation sites (N-methyl/N-ethyl adjacent to an activating group) is 1. The Morgan fingerprint density at radius 2 is 1.74 bits per heavy atom. The summed E-state index contributed by atoms with van der Waals surface area (Å²) in [6.45, 7) is 11.2. The molecule has 0 saturated carbocycles. The standard InChI is InChI=1S/C29H40N4O6/c1-6-11-21(24(34)26(36)30-7-2)31-25(35)22-14-10-15-33(22)27(37)23(32-28(38)39-29(3,4)5)20-16-18-12-8-9-13-19(18)17-20/h6,8-9,12-13,20-23H,1,7,10-11,14-17H2,2-5H3,(H,30,36)(H,31,35)(H,32,38)/t21?,22?,23-/m0/s1. The number of nitrogens with one attached hydrogen (secondary N) is 3. The summed E-state index contributed by atoms with van der Waals surface area (Å²) in [6, 6.07) is 5.10. The first-order valence-corrected chi connectivity index (χ1v) is 13.5. The van der Waals surface area contributed by atoms with Crippen LogP contribution in [0.15, 0.2) is 36.9 Å². The quantitative estimate of drug-likeness (QED) is 0.307. The van der Waals surface area contributed by atoms with Gasteiger partial charge in [-0.15, -0.1) is 6.58 Å². The largest absolute Gasteiger partial charge is 0.444 e. The molecule has 212 valence electrons. The maximum atomic E-state index is 14.0. The number of nitrogens with zero attached hydrogens (tertiary/aromatic N) is 1. The predicted molar refractivity (Wildman–Crippen MR) is 146 cm³/mol. The van der Waals surface area contributed by atoms with Crippen molar-refractivity contribution in [1.29, 1.82) is 0 Å². The van der Waals surface area contributed by atoms with E-state index in [1.807, 2.05) is 24.3 Å². The lowest BCUT2D eigenvalue weighted by Crippen LogP contribution is -2.58. The van der Waals surface area contributed by atoms with Gasteiger partial charge in [0.2, 0.25) is 17.6 Å². The van der Waals surface area contributed by atoms with Crippen LogP contribution in [-0.2, 0) is 36.8 Å². The number of ether oxygens (including phenoxy) is 1. The zero-order valence-corrected chi connectivity index (χ0v) is 23.2. The highest BCUT2D eigenvalue weighted by molar-refractivity contribution is 6.38. The second kappa shape index (κ2) is 12.9. The van der Waals surface area contributed by atoms with Crippen molar-refractivity contribution >= 4 is 29.6 Å². The monoisotopic (exact) mass is 540 g/mol. The van der Waals surface area contributed by atoms with Crippen molar-refractivity contribution in [3.63, 3.8) is 0 Å². The van der Waals surface area contributed by atoms with Gasteiger partial charge in [-0.3, -0.25) is 19.2 Å². The number of hydrogen-bond donors (Lipinski definition) is 3. The van der Waals surface area contributed by atoms with Crippen LogP contribution < -0.4 is 16.0 Å². The molecule has 4 amide bonds. The van der Waals surface area contributed by atoms with Gasteiger partial charge in [0.25, 0.3) is 5.91 Å². The fourth-order valence-electron chi connectivity index (χ4n) is 5.20. The Morgan fingerprint density at radius 1 is 1.10 bits per heavy atom. The SMILES string of the molecule is C=CCC(NC(=O)C1CCCN1C(=O)[C@@H](NC(=O)OC(C)(C)C)C1Cc2ccccc2C1)C(=O)C(=O)NCC. The number of carbonyl (C=O) groups is 5. The molecule has 1 fully saturated rings. The van der Waals surface area contributed by atoms with E-state index in [1.54, 1.807) is 27.7 Å². The molecule has 10 nitrogen and oxygen atoms in total. The summed E-state index contributed by atoms with van der Waals surface area (Å²) >= 11 is 0. The molecule has 1 aromatic rings. The molecular formula is C29H40N4O6. The third-order valence-corrected chi connectivity index (χ3v) is 6.93. The second-order valence-corrected chi connectivity index (χ2v) is 11.1. The first-order chi connectivity index (χ1) is 18.4. The van der Waals surface area contributed by atoms with E-state index >= 15 is 0 Å². The van der Waals surface area contributed by atoms with Gasteiger partial charge in [0.1, 0.15) is 23.7 Å². The Morgan fingerprint density at radius 3 is 2.31 bits per heavy atom. The van der Waals surface area contributed by atoms with Crippen molar-refractivity contribution in [3.05, 3.63) is 48.0 Å². The molecule has 10 heteroatoms. The zero-order chi connectivity index (χ0) is 28.7. The number of ketones is 1. The van der Waals surface area contributed by atoms with Crippen molar-refractivity contribution in [3.8, 4) is 0 Å². The normalized spacial score (nSPS) is 18.5. The van der Waals surface area contributed by atoms with E-state index in [0.29, 0.717) is 32.2 Å². The Balaban J connectivity index is 1.79. The van der Waals surface area contributed by atoms with Gasteiger partial charge >= 0.3 is 6.09 Å². The fourth-order valence-corrected chi connectivity index (χ4v) is 5.20. The Labute approximate surface area is 229 Å². The van der Waals surface area contributed by atoms with Gasteiger partial charge < -0.3 is 25.6 Å². The van der Waals surface area contributed by atoms with Gasteiger partial charge in [-0.05, 0) is 76.8 Å². The number of benzene rings is 1. The molecule has 1 aliphatic heterocycles. The first kappa shape index (κ1) is 29.9. The summed E-state index contributed by atoms with van der Waals surface area (Å²) in [4.78, 5) is 66.2. The van der Waals surface area contributed by atoms with Crippen molar-refractivity contribution < 1.29 is 28.7 Å². The Kier molecular flexibility index (Phi) is 9.88. The zero-order valence-electron chi connectivity index (χ0n) is 23.2. The molecule has 1 saturated heterocycles.